The zero-order chi connectivity index (χ0) is 11.4. The first kappa shape index (κ1) is 11.7. The molecule has 0 unspecified atom stereocenters. The van der Waals surface area contributed by atoms with Gasteiger partial charge in [-0.25, -0.2) is 0 Å². The van der Waals surface area contributed by atoms with Crippen molar-refractivity contribution in [1.82, 2.24) is 10.2 Å². The Morgan fingerprint density at radius 3 is 2.81 bits per heavy atom. The summed E-state index contributed by atoms with van der Waals surface area (Å²) in [4.78, 5) is 2.41. The Hall–Kier alpha value is -0.800. The topological polar surface area (TPSA) is 28.4 Å². The third-order valence-electron chi connectivity index (χ3n) is 3.52. The fraction of sp³-hybridized carbons (Fsp3) is 0.692. The highest BCUT2D eigenvalue weighted by atomic mass is 16.3. The predicted molar refractivity (Wildman–Crippen MR) is 65.4 cm³/mol. The van der Waals surface area contributed by atoms with Crippen LogP contribution in [0.4, 0.5) is 0 Å². The number of furan rings is 1. The number of likely N-dealkylation sites (tertiary alicyclic amines) is 1. The molecule has 1 aromatic rings. The molecule has 0 amide bonds. The van der Waals surface area contributed by atoms with Crippen LogP contribution in [0.1, 0.15) is 24.2 Å². The number of hydrogen-bond donors (Lipinski definition) is 1. The normalized spacial score (nSPS) is 19.1. The van der Waals surface area contributed by atoms with Crippen LogP contribution >= 0.6 is 0 Å². The lowest BCUT2D eigenvalue weighted by Gasteiger charge is -2.28. The van der Waals surface area contributed by atoms with E-state index in [1.165, 1.54) is 31.5 Å². The van der Waals surface area contributed by atoms with Crippen LogP contribution in [0.15, 0.2) is 16.7 Å². The average Bonchev–Trinajstić information content (AvgIpc) is 2.68. The lowest BCUT2D eigenvalue weighted by atomic mass is 9.97. The zero-order valence-electron chi connectivity index (χ0n) is 10.3. The highest BCUT2D eigenvalue weighted by Crippen LogP contribution is 2.15. The molecule has 0 atom stereocenters. The van der Waals surface area contributed by atoms with Crippen molar-refractivity contribution >= 4 is 0 Å². The fourth-order valence-corrected chi connectivity index (χ4v) is 2.24. The molecular formula is C13H22N2O. The maximum Gasteiger partial charge on any atom is 0.120 e. The van der Waals surface area contributed by atoms with Crippen molar-refractivity contribution in [1.29, 1.82) is 0 Å². The van der Waals surface area contributed by atoms with Gasteiger partial charge in [-0.15, -0.1) is 0 Å². The molecule has 0 aromatic carbocycles. The maximum atomic E-state index is 5.40. The Bertz CT molecular complexity index is 313. The standard InChI is InChI=1S/C13H22N2O/c1-11-5-8-16-13(11)10-14-9-12-3-6-15(2)7-4-12/h5,8,12,14H,3-4,6-7,9-10H2,1-2H3. The Labute approximate surface area is 97.8 Å². The molecule has 0 aliphatic carbocycles. The van der Waals surface area contributed by atoms with Crippen LogP contribution in [0, 0.1) is 12.8 Å². The molecule has 3 heteroatoms. The van der Waals surface area contributed by atoms with Crippen LogP contribution in [-0.2, 0) is 6.54 Å². The lowest BCUT2D eigenvalue weighted by molar-refractivity contribution is 0.215. The number of aryl methyl sites for hydroxylation is 1. The summed E-state index contributed by atoms with van der Waals surface area (Å²) in [7, 11) is 2.20. The summed E-state index contributed by atoms with van der Waals surface area (Å²) in [6.07, 6.45) is 4.41. The Morgan fingerprint density at radius 1 is 1.44 bits per heavy atom. The monoisotopic (exact) mass is 222 g/mol. The van der Waals surface area contributed by atoms with Gasteiger partial charge in [0.2, 0.25) is 0 Å². The molecule has 0 spiro atoms. The molecule has 16 heavy (non-hydrogen) atoms. The summed E-state index contributed by atoms with van der Waals surface area (Å²) in [5.41, 5.74) is 1.25. The predicted octanol–water partition coefficient (Wildman–Crippen LogP) is 2.02. The molecule has 90 valence electrons. The van der Waals surface area contributed by atoms with Crippen LogP contribution in [0.2, 0.25) is 0 Å². The van der Waals surface area contributed by atoms with Gasteiger partial charge < -0.3 is 14.6 Å². The minimum Gasteiger partial charge on any atom is -0.468 e. The number of nitrogens with one attached hydrogen (secondary N) is 1. The molecule has 3 nitrogen and oxygen atoms in total. The smallest absolute Gasteiger partial charge is 0.120 e. The number of piperidine rings is 1. The second-order valence-electron chi connectivity index (χ2n) is 4.90. The summed E-state index contributed by atoms with van der Waals surface area (Å²) in [5.74, 6) is 1.92. The highest BCUT2D eigenvalue weighted by molar-refractivity contribution is 5.14. The van der Waals surface area contributed by atoms with E-state index in [9.17, 15) is 0 Å². The molecule has 0 bridgehead atoms. The third kappa shape index (κ3) is 3.09. The van der Waals surface area contributed by atoms with Gasteiger partial charge in [-0.05, 0) is 64.0 Å². The van der Waals surface area contributed by atoms with Gasteiger partial charge >= 0.3 is 0 Å². The van der Waals surface area contributed by atoms with E-state index in [4.69, 9.17) is 4.42 Å². The lowest BCUT2D eigenvalue weighted by Crippen LogP contribution is -2.34. The van der Waals surface area contributed by atoms with Crippen LogP contribution in [0.3, 0.4) is 0 Å². The van der Waals surface area contributed by atoms with Gasteiger partial charge in [-0.2, -0.15) is 0 Å². The summed E-state index contributed by atoms with van der Waals surface area (Å²) in [6, 6.07) is 2.02. The summed E-state index contributed by atoms with van der Waals surface area (Å²) < 4.78 is 5.40. The zero-order valence-corrected chi connectivity index (χ0v) is 10.3. The van der Waals surface area contributed by atoms with Gasteiger partial charge in [-0.1, -0.05) is 0 Å². The molecular weight excluding hydrogens is 200 g/mol. The van der Waals surface area contributed by atoms with E-state index in [2.05, 4.69) is 24.2 Å². The van der Waals surface area contributed by atoms with E-state index in [0.717, 1.165) is 24.8 Å². The Balaban J connectivity index is 1.67. The van der Waals surface area contributed by atoms with E-state index >= 15 is 0 Å². The van der Waals surface area contributed by atoms with Crippen molar-refractivity contribution in [2.24, 2.45) is 5.92 Å². The van der Waals surface area contributed by atoms with Crippen molar-refractivity contribution in [2.45, 2.75) is 26.3 Å². The molecule has 0 radical (unpaired) electrons. The van der Waals surface area contributed by atoms with E-state index in [1.54, 1.807) is 6.26 Å². The van der Waals surface area contributed by atoms with Crippen molar-refractivity contribution in [3.8, 4) is 0 Å². The van der Waals surface area contributed by atoms with Gasteiger partial charge in [0.25, 0.3) is 0 Å². The molecule has 1 fully saturated rings. The molecule has 1 aromatic heterocycles. The molecule has 0 saturated carbocycles. The third-order valence-corrected chi connectivity index (χ3v) is 3.52. The van der Waals surface area contributed by atoms with E-state index in [-0.39, 0.29) is 0 Å². The van der Waals surface area contributed by atoms with Crippen LogP contribution < -0.4 is 5.32 Å². The van der Waals surface area contributed by atoms with Gasteiger partial charge in [-0.3, -0.25) is 0 Å². The van der Waals surface area contributed by atoms with E-state index in [0.29, 0.717) is 0 Å². The van der Waals surface area contributed by atoms with Crippen molar-refractivity contribution in [2.75, 3.05) is 26.7 Å². The van der Waals surface area contributed by atoms with Crippen LogP contribution in [0.25, 0.3) is 0 Å². The summed E-state index contributed by atoms with van der Waals surface area (Å²) in [5, 5.41) is 3.50. The second-order valence-corrected chi connectivity index (χ2v) is 4.90. The second kappa shape index (κ2) is 5.51. The molecule has 1 saturated heterocycles. The summed E-state index contributed by atoms with van der Waals surface area (Å²) in [6.45, 7) is 6.56. The summed E-state index contributed by atoms with van der Waals surface area (Å²) >= 11 is 0. The average molecular weight is 222 g/mol. The maximum absolute atomic E-state index is 5.40. The van der Waals surface area contributed by atoms with Crippen molar-refractivity contribution < 1.29 is 4.42 Å². The molecule has 2 rings (SSSR count). The molecule has 1 N–H and O–H groups in total. The molecule has 2 heterocycles. The highest BCUT2D eigenvalue weighted by Gasteiger charge is 2.16. The van der Waals surface area contributed by atoms with Crippen molar-refractivity contribution in [3.63, 3.8) is 0 Å². The van der Waals surface area contributed by atoms with E-state index < -0.39 is 0 Å². The first-order valence-corrected chi connectivity index (χ1v) is 6.18. The van der Waals surface area contributed by atoms with Gasteiger partial charge in [0.15, 0.2) is 0 Å². The number of nitrogens with zero attached hydrogens (tertiary/aromatic N) is 1. The SMILES string of the molecule is Cc1ccoc1CNCC1CCN(C)CC1. The van der Waals surface area contributed by atoms with Crippen LogP contribution in [-0.4, -0.2) is 31.6 Å². The minimum absolute atomic E-state index is 0.839. The number of hydrogen-bond acceptors (Lipinski definition) is 3. The van der Waals surface area contributed by atoms with E-state index in [1.807, 2.05) is 6.07 Å². The van der Waals surface area contributed by atoms with Crippen LogP contribution in [0.5, 0.6) is 0 Å². The van der Waals surface area contributed by atoms with Crippen molar-refractivity contribution in [3.05, 3.63) is 23.7 Å². The van der Waals surface area contributed by atoms with Gasteiger partial charge in [0.05, 0.1) is 12.8 Å². The van der Waals surface area contributed by atoms with Gasteiger partial charge in [0, 0.05) is 0 Å². The Morgan fingerprint density at radius 2 is 2.19 bits per heavy atom. The first-order chi connectivity index (χ1) is 7.75. The quantitative estimate of drug-likeness (QED) is 0.845. The molecule has 1 aliphatic heterocycles. The fourth-order valence-electron chi connectivity index (χ4n) is 2.24. The number of rotatable bonds is 4. The largest absolute Gasteiger partial charge is 0.468 e. The van der Waals surface area contributed by atoms with Gasteiger partial charge in [0.1, 0.15) is 5.76 Å². The minimum atomic E-state index is 0.839. The Kier molecular flexibility index (Phi) is 4.02. The first-order valence-electron chi connectivity index (χ1n) is 6.18. The molecule has 1 aliphatic rings.